The normalized spacial score (nSPS) is 38.2. The first kappa shape index (κ1) is 12.4. The van der Waals surface area contributed by atoms with E-state index in [9.17, 15) is 4.79 Å². The molecule has 3 rings (SSSR count). The molecule has 1 saturated heterocycles. The Labute approximate surface area is 109 Å². The van der Waals surface area contributed by atoms with Crippen LogP contribution in [0.4, 0.5) is 0 Å². The number of carbonyl (C=O) groups excluding carboxylic acids is 1. The van der Waals surface area contributed by atoms with Gasteiger partial charge < -0.3 is 11.1 Å². The molecular formula is C14H25N3O. The highest BCUT2D eigenvalue weighted by molar-refractivity contribution is 5.81. The summed E-state index contributed by atoms with van der Waals surface area (Å²) in [5.41, 5.74) is 6.22. The topological polar surface area (TPSA) is 58.4 Å². The number of rotatable bonds is 3. The van der Waals surface area contributed by atoms with Crippen molar-refractivity contribution in [3.8, 4) is 0 Å². The van der Waals surface area contributed by atoms with Crippen molar-refractivity contribution in [2.75, 3.05) is 13.1 Å². The lowest BCUT2D eigenvalue weighted by molar-refractivity contribution is -0.125. The van der Waals surface area contributed by atoms with Gasteiger partial charge in [0.2, 0.25) is 5.91 Å². The van der Waals surface area contributed by atoms with Crippen molar-refractivity contribution < 1.29 is 4.79 Å². The first-order valence-electron chi connectivity index (χ1n) is 7.45. The lowest BCUT2D eigenvalue weighted by atomic mass is 9.78. The van der Waals surface area contributed by atoms with Crippen molar-refractivity contribution >= 4 is 5.91 Å². The van der Waals surface area contributed by atoms with Crippen molar-refractivity contribution in [1.29, 1.82) is 0 Å². The van der Waals surface area contributed by atoms with E-state index >= 15 is 0 Å². The summed E-state index contributed by atoms with van der Waals surface area (Å²) in [6.45, 7) is 4.13. The first-order chi connectivity index (χ1) is 8.65. The fourth-order valence-electron chi connectivity index (χ4n) is 3.58. The van der Waals surface area contributed by atoms with Gasteiger partial charge in [-0.2, -0.15) is 0 Å². The molecular weight excluding hydrogens is 226 g/mol. The SMILES string of the molecule is CC(C(=O)NC1CC1)N1CC2CCCC(N)C2C1. The minimum atomic E-state index is 0.0170. The third-order valence-corrected chi connectivity index (χ3v) is 5.03. The lowest BCUT2D eigenvalue weighted by Gasteiger charge is -2.30. The molecule has 0 aromatic rings. The van der Waals surface area contributed by atoms with E-state index in [0.717, 1.165) is 38.3 Å². The molecule has 0 bridgehead atoms. The number of hydrogen-bond acceptors (Lipinski definition) is 3. The third kappa shape index (κ3) is 2.41. The zero-order valence-electron chi connectivity index (χ0n) is 11.3. The number of likely N-dealkylation sites (tertiary alicyclic amines) is 1. The molecule has 3 aliphatic rings. The number of hydrogen-bond donors (Lipinski definition) is 2. The number of carbonyl (C=O) groups is 1. The number of fused-ring (bicyclic) bond motifs is 1. The standard InChI is InChI=1S/C14H25N3O/c1-9(14(18)16-11-5-6-11)17-7-10-3-2-4-13(15)12(10)8-17/h9-13H,2-8,15H2,1H3,(H,16,18). The molecule has 0 radical (unpaired) electrons. The van der Waals surface area contributed by atoms with E-state index in [1.807, 2.05) is 6.92 Å². The Morgan fingerprint density at radius 3 is 2.72 bits per heavy atom. The zero-order chi connectivity index (χ0) is 12.7. The Kier molecular flexibility index (Phi) is 3.32. The zero-order valence-corrected chi connectivity index (χ0v) is 11.3. The highest BCUT2D eigenvalue weighted by Gasteiger charge is 2.41. The molecule has 4 nitrogen and oxygen atoms in total. The molecule has 0 spiro atoms. The van der Waals surface area contributed by atoms with Crippen LogP contribution in [0.25, 0.3) is 0 Å². The van der Waals surface area contributed by atoms with E-state index in [1.165, 1.54) is 12.8 Å². The van der Waals surface area contributed by atoms with Crippen LogP contribution >= 0.6 is 0 Å². The van der Waals surface area contributed by atoms with Gasteiger partial charge in [0.25, 0.3) is 0 Å². The van der Waals surface area contributed by atoms with E-state index in [4.69, 9.17) is 5.73 Å². The summed E-state index contributed by atoms with van der Waals surface area (Å²) in [4.78, 5) is 14.4. The average Bonchev–Trinajstić information content (AvgIpc) is 3.04. The summed E-state index contributed by atoms with van der Waals surface area (Å²) in [5.74, 6) is 1.56. The van der Waals surface area contributed by atoms with Gasteiger partial charge in [0.1, 0.15) is 0 Å². The highest BCUT2D eigenvalue weighted by atomic mass is 16.2. The molecule has 4 atom stereocenters. The smallest absolute Gasteiger partial charge is 0.237 e. The lowest BCUT2D eigenvalue weighted by Crippen LogP contribution is -2.45. The molecule has 0 aromatic heterocycles. The summed E-state index contributed by atoms with van der Waals surface area (Å²) in [6.07, 6.45) is 6.05. The molecule has 4 heteroatoms. The molecule has 3 fully saturated rings. The van der Waals surface area contributed by atoms with Crippen molar-refractivity contribution in [2.45, 2.75) is 57.2 Å². The Balaban J connectivity index is 1.58. The minimum absolute atomic E-state index is 0.0170. The van der Waals surface area contributed by atoms with Gasteiger partial charge in [-0.3, -0.25) is 9.69 Å². The maximum absolute atomic E-state index is 12.1. The fourth-order valence-corrected chi connectivity index (χ4v) is 3.58. The quantitative estimate of drug-likeness (QED) is 0.777. The van der Waals surface area contributed by atoms with Crippen LogP contribution in [-0.2, 0) is 4.79 Å². The number of nitrogens with one attached hydrogen (secondary N) is 1. The molecule has 1 amide bonds. The van der Waals surface area contributed by atoms with Crippen LogP contribution in [-0.4, -0.2) is 42.0 Å². The second kappa shape index (κ2) is 4.82. The second-order valence-electron chi connectivity index (χ2n) is 6.43. The maximum Gasteiger partial charge on any atom is 0.237 e. The van der Waals surface area contributed by atoms with E-state index in [1.54, 1.807) is 0 Å². The fraction of sp³-hybridized carbons (Fsp3) is 0.929. The molecule has 3 N–H and O–H groups in total. The average molecular weight is 251 g/mol. The Morgan fingerprint density at radius 2 is 2.06 bits per heavy atom. The van der Waals surface area contributed by atoms with Crippen LogP contribution in [0.15, 0.2) is 0 Å². The summed E-state index contributed by atoms with van der Waals surface area (Å²) < 4.78 is 0. The van der Waals surface area contributed by atoms with Crippen molar-refractivity contribution in [3.63, 3.8) is 0 Å². The molecule has 2 saturated carbocycles. The second-order valence-corrected chi connectivity index (χ2v) is 6.43. The number of nitrogens with two attached hydrogens (primary N) is 1. The van der Waals surface area contributed by atoms with Crippen LogP contribution < -0.4 is 11.1 Å². The highest BCUT2D eigenvalue weighted by Crippen LogP contribution is 2.36. The van der Waals surface area contributed by atoms with E-state index < -0.39 is 0 Å². The Morgan fingerprint density at radius 1 is 1.28 bits per heavy atom. The molecule has 0 aromatic carbocycles. The molecule has 18 heavy (non-hydrogen) atoms. The van der Waals surface area contributed by atoms with Gasteiger partial charge >= 0.3 is 0 Å². The third-order valence-electron chi connectivity index (χ3n) is 5.03. The van der Waals surface area contributed by atoms with Crippen LogP contribution in [0.5, 0.6) is 0 Å². The summed E-state index contributed by atoms with van der Waals surface area (Å²) in [5, 5.41) is 3.11. The first-order valence-corrected chi connectivity index (χ1v) is 7.45. The number of nitrogens with zero attached hydrogens (tertiary/aromatic N) is 1. The van der Waals surface area contributed by atoms with Crippen molar-refractivity contribution in [3.05, 3.63) is 0 Å². The van der Waals surface area contributed by atoms with Gasteiger partial charge in [0.05, 0.1) is 6.04 Å². The van der Waals surface area contributed by atoms with Gasteiger partial charge in [-0.25, -0.2) is 0 Å². The van der Waals surface area contributed by atoms with Gasteiger partial charge in [-0.05, 0) is 44.4 Å². The van der Waals surface area contributed by atoms with Crippen LogP contribution in [0.2, 0.25) is 0 Å². The Hall–Kier alpha value is -0.610. The minimum Gasteiger partial charge on any atom is -0.352 e. The van der Waals surface area contributed by atoms with Crippen molar-refractivity contribution in [2.24, 2.45) is 17.6 Å². The number of amides is 1. The van der Waals surface area contributed by atoms with Crippen LogP contribution in [0, 0.1) is 11.8 Å². The van der Waals surface area contributed by atoms with E-state index in [2.05, 4.69) is 10.2 Å². The van der Waals surface area contributed by atoms with E-state index in [0.29, 0.717) is 18.0 Å². The molecule has 4 unspecified atom stereocenters. The monoisotopic (exact) mass is 251 g/mol. The van der Waals surface area contributed by atoms with E-state index in [-0.39, 0.29) is 11.9 Å². The van der Waals surface area contributed by atoms with Gasteiger partial charge in [0, 0.05) is 25.2 Å². The Bertz CT molecular complexity index is 329. The van der Waals surface area contributed by atoms with Crippen LogP contribution in [0.3, 0.4) is 0 Å². The van der Waals surface area contributed by atoms with Crippen LogP contribution in [0.1, 0.15) is 39.0 Å². The molecule has 2 aliphatic carbocycles. The van der Waals surface area contributed by atoms with Gasteiger partial charge in [0.15, 0.2) is 0 Å². The van der Waals surface area contributed by atoms with Gasteiger partial charge in [-0.1, -0.05) is 6.42 Å². The summed E-state index contributed by atoms with van der Waals surface area (Å²) in [6, 6.07) is 0.836. The molecule has 1 heterocycles. The van der Waals surface area contributed by atoms with Crippen molar-refractivity contribution in [1.82, 2.24) is 10.2 Å². The predicted molar refractivity (Wildman–Crippen MR) is 71.0 cm³/mol. The molecule has 102 valence electrons. The summed E-state index contributed by atoms with van der Waals surface area (Å²) in [7, 11) is 0. The largest absolute Gasteiger partial charge is 0.352 e. The molecule has 1 aliphatic heterocycles. The summed E-state index contributed by atoms with van der Waals surface area (Å²) >= 11 is 0. The predicted octanol–water partition coefficient (Wildman–Crippen LogP) is 0.713. The van der Waals surface area contributed by atoms with Gasteiger partial charge in [-0.15, -0.1) is 0 Å². The maximum atomic E-state index is 12.1.